The van der Waals surface area contributed by atoms with Gasteiger partial charge in [0.25, 0.3) is 21.9 Å². The van der Waals surface area contributed by atoms with Gasteiger partial charge in [-0.1, -0.05) is 44.2 Å². The number of aromatic nitrogens is 3. The molecule has 0 saturated carbocycles. The molecular formula is C31H33FN6O6S. The lowest BCUT2D eigenvalue weighted by molar-refractivity contribution is -0.138. The maximum Gasteiger partial charge on any atom is 0.287 e. The zero-order chi connectivity index (χ0) is 32.7. The van der Waals surface area contributed by atoms with Crippen LogP contribution in [-0.4, -0.2) is 80.1 Å². The fourth-order valence-electron chi connectivity index (χ4n) is 4.89. The van der Waals surface area contributed by atoms with E-state index in [0.29, 0.717) is 28.3 Å². The Hall–Kier alpha value is -4.79. The molecule has 2 amide bonds. The summed E-state index contributed by atoms with van der Waals surface area (Å²) in [6, 6.07) is 15.2. The molecule has 2 aromatic carbocycles. The second kappa shape index (κ2) is 14.3. The van der Waals surface area contributed by atoms with Gasteiger partial charge in [0.15, 0.2) is 5.82 Å². The number of nitrogens with two attached hydrogens (primary N) is 1. The monoisotopic (exact) mass is 636 g/mol. The molecule has 1 unspecified atom stereocenters. The van der Waals surface area contributed by atoms with Crippen molar-refractivity contribution in [3.05, 3.63) is 102 Å². The number of hydrogen-bond donors (Lipinski definition) is 2. The molecule has 1 atom stereocenters. The van der Waals surface area contributed by atoms with Gasteiger partial charge in [-0.25, -0.2) is 14.1 Å². The highest BCUT2D eigenvalue weighted by Gasteiger charge is 2.37. The molecule has 12 nitrogen and oxygen atoms in total. The fourth-order valence-corrected chi connectivity index (χ4v) is 5.53. The van der Waals surface area contributed by atoms with E-state index in [2.05, 4.69) is 15.0 Å². The van der Waals surface area contributed by atoms with E-state index in [-0.39, 0.29) is 17.8 Å². The molecular weight excluding hydrogens is 603 g/mol. The molecule has 2 heterocycles. The van der Waals surface area contributed by atoms with Gasteiger partial charge in [0.05, 0.1) is 11.3 Å². The van der Waals surface area contributed by atoms with Crippen LogP contribution in [0.2, 0.25) is 0 Å². The number of nitrogens with zero attached hydrogens (tertiary/aromatic N) is 5. The highest BCUT2D eigenvalue weighted by atomic mass is 32.2. The molecule has 0 saturated heterocycles. The van der Waals surface area contributed by atoms with E-state index in [9.17, 15) is 31.7 Å². The summed E-state index contributed by atoms with van der Waals surface area (Å²) in [5.41, 5.74) is 7.51. The van der Waals surface area contributed by atoms with Gasteiger partial charge in [0, 0.05) is 36.5 Å². The van der Waals surface area contributed by atoms with Crippen molar-refractivity contribution in [3.63, 3.8) is 0 Å². The minimum atomic E-state index is -4.89. The van der Waals surface area contributed by atoms with Crippen molar-refractivity contribution in [1.29, 1.82) is 0 Å². The summed E-state index contributed by atoms with van der Waals surface area (Å²) >= 11 is 0. The van der Waals surface area contributed by atoms with Crippen LogP contribution in [0.3, 0.4) is 0 Å². The minimum absolute atomic E-state index is 0.0121. The second-order valence-electron chi connectivity index (χ2n) is 10.2. The van der Waals surface area contributed by atoms with Crippen molar-refractivity contribution < 1.29 is 31.7 Å². The van der Waals surface area contributed by atoms with Crippen LogP contribution < -0.4 is 5.73 Å². The van der Waals surface area contributed by atoms with Crippen LogP contribution in [0.15, 0.2) is 79.1 Å². The highest BCUT2D eigenvalue weighted by Crippen LogP contribution is 2.27. The second-order valence-corrected chi connectivity index (χ2v) is 11.6. The Morgan fingerprint density at radius 3 is 2.27 bits per heavy atom. The van der Waals surface area contributed by atoms with E-state index in [1.165, 1.54) is 35.1 Å². The SMILES string of the molecule is CCN(CC)Cc1cn(-c2ncccc2C(=O)N(CS(=O)(=O)O)C(Cc2ccccc2)C(=O)C(N)=O)nc1-c1ccc(F)cc1. The number of ketones is 1. The van der Waals surface area contributed by atoms with Crippen molar-refractivity contribution in [2.75, 3.05) is 19.0 Å². The average Bonchev–Trinajstić information content (AvgIpc) is 3.44. The highest BCUT2D eigenvalue weighted by molar-refractivity contribution is 7.85. The number of halogens is 1. The molecule has 236 valence electrons. The minimum Gasteiger partial charge on any atom is -0.363 e. The van der Waals surface area contributed by atoms with Gasteiger partial charge in [0.1, 0.15) is 17.7 Å². The number of carbonyl (C=O) groups excluding carboxylic acids is 3. The lowest BCUT2D eigenvalue weighted by Crippen LogP contribution is -2.52. The molecule has 45 heavy (non-hydrogen) atoms. The largest absolute Gasteiger partial charge is 0.363 e. The Labute approximate surface area is 260 Å². The maximum absolute atomic E-state index is 14.2. The van der Waals surface area contributed by atoms with Crippen LogP contribution in [-0.2, 0) is 32.7 Å². The lowest BCUT2D eigenvalue weighted by atomic mass is 10.00. The van der Waals surface area contributed by atoms with Crippen molar-refractivity contribution in [3.8, 4) is 17.1 Å². The molecule has 0 radical (unpaired) electrons. The summed E-state index contributed by atoms with van der Waals surface area (Å²) in [5, 5.41) is 4.68. The van der Waals surface area contributed by atoms with Crippen LogP contribution in [0, 0.1) is 5.82 Å². The number of benzene rings is 2. The first-order valence-corrected chi connectivity index (χ1v) is 15.7. The molecule has 4 aromatic rings. The van der Waals surface area contributed by atoms with Crippen LogP contribution in [0.4, 0.5) is 4.39 Å². The molecule has 0 bridgehead atoms. The van der Waals surface area contributed by atoms with Crippen LogP contribution in [0.25, 0.3) is 17.1 Å². The first-order chi connectivity index (χ1) is 21.4. The predicted octanol–water partition coefficient (Wildman–Crippen LogP) is 2.87. The first kappa shape index (κ1) is 33.1. The van der Waals surface area contributed by atoms with Gasteiger partial charge in [0.2, 0.25) is 5.78 Å². The van der Waals surface area contributed by atoms with E-state index >= 15 is 0 Å². The Kier molecular flexibility index (Phi) is 10.5. The third-order valence-corrected chi connectivity index (χ3v) is 7.79. The zero-order valence-corrected chi connectivity index (χ0v) is 25.5. The van der Waals surface area contributed by atoms with E-state index in [4.69, 9.17) is 5.73 Å². The average molecular weight is 637 g/mol. The van der Waals surface area contributed by atoms with Crippen molar-refractivity contribution in [1.82, 2.24) is 24.6 Å². The third-order valence-electron chi connectivity index (χ3n) is 7.19. The number of Topliss-reactive ketones (excluding diaryl/α,β-unsaturated/α-hetero) is 1. The van der Waals surface area contributed by atoms with Gasteiger partial charge in [-0.3, -0.25) is 23.8 Å². The van der Waals surface area contributed by atoms with Crippen LogP contribution in [0.1, 0.15) is 35.3 Å². The van der Waals surface area contributed by atoms with Crippen LogP contribution in [0.5, 0.6) is 0 Å². The number of pyridine rings is 1. The zero-order valence-electron chi connectivity index (χ0n) is 24.7. The van der Waals surface area contributed by atoms with E-state index in [1.54, 1.807) is 48.7 Å². The first-order valence-electron chi connectivity index (χ1n) is 14.1. The Morgan fingerprint density at radius 1 is 1.00 bits per heavy atom. The topological polar surface area (TPSA) is 169 Å². The standard InChI is InChI=1S/C31H33FN6O6S/c1-3-36(4-2)18-23-19-38(35-27(23)22-12-14-24(32)15-13-22)30-25(11-8-16-34-30)31(41)37(20-45(42,43)44)26(28(39)29(33)40)17-21-9-6-5-7-10-21/h5-16,19,26H,3-4,17-18,20H2,1-2H3,(H2,33,40)(H,42,43,44). The van der Waals surface area contributed by atoms with Gasteiger partial charge < -0.3 is 10.6 Å². The van der Waals surface area contributed by atoms with Crippen molar-refractivity contribution in [2.45, 2.75) is 32.9 Å². The number of carbonyl (C=O) groups is 3. The van der Waals surface area contributed by atoms with Crippen LogP contribution >= 0.6 is 0 Å². The van der Waals surface area contributed by atoms with Gasteiger partial charge in [-0.2, -0.15) is 13.5 Å². The summed E-state index contributed by atoms with van der Waals surface area (Å²) in [5.74, 6) is -5.36. The quantitative estimate of drug-likeness (QED) is 0.156. The molecule has 0 fully saturated rings. The molecule has 3 N–H and O–H groups in total. The van der Waals surface area contributed by atoms with Crippen molar-refractivity contribution >= 4 is 27.7 Å². The third kappa shape index (κ3) is 8.23. The summed E-state index contributed by atoms with van der Waals surface area (Å²) < 4.78 is 49.2. The lowest BCUT2D eigenvalue weighted by Gasteiger charge is -2.29. The summed E-state index contributed by atoms with van der Waals surface area (Å²) in [6.07, 6.45) is 2.81. The Morgan fingerprint density at radius 2 is 1.67 bits per heavy atom. The number of rotatable bonds is 14. The smallest absolute Gasteiger partial charge is 0.287 e. The summed E-state index contributed by atoms with van der Waals surface area (Å²) in [6.45, 7) is 5.95. The van der Waals surface area contributed by atoms with E-state index in [1.807, 2.05) is 13.8 Å². The normalized spacial score (nSPS) is 12.2. The van der Waals surface area contributed by atoms with E-state index < -0.39 is 45.5 Å². The Balaban J connectivity index is 1.85. The number of hydrogen-bond acceptors (Lipinski definition) is 8. The number of amides is 2. The van der Waals surface area contributed by atoms with E-state index in [0.717, 1.165) is 18.7 Å². The molecule has 0 aliphatic heterocycles. The fraction of sp³-hybridized carbons (Fsp3) is 0.258. The van der Waals surface area contributed by atoms with Gasteiger partial charge in [-0.05, 0) is 55.1 Å². The molecule has 0 spiro atoms. The molecule has 14 heteroatoms. The summed E-state index contributed by atoms with van der Waals surface area (Å²) in [4.78, 5) is 46.3. The molecule has 2 aromatic heterocycles. The molecule has 0 aliphatic carbocycles. The predicted molar refractivity (Wildman–Crippen MR) is 164 cm³/mol. The maximum atomic E-state index is 14.2. The summed E-state index contributed by atoms with van der Waals surface area (Å²) in [7, 11) is -4.89. The van der Waals surface area contributed by atoms with Gasteiger partial charge in [-0.15, -0.1) is 0 Å². The number of primary amides is 1. The molecule has 0 aliphatic rings. The van der Waals surface area contributed by atoms with Crippen molar-refractivity contribution in [2.24, 2.45) is 5.73 Å². The molecule has 4 rings (SSSR count). The Bertz CT molecular complexity index is 1780. The van der Waals surface area contributed by atoms with Gasteiger partial charge >= 0.3 is 0 Å².